The molecule has 8 heteroatoms. The van der Waals surface area contributed by atoms with E-state index in [1.165, 1.54) is 25.1 Å². The molecule has 0 saturated carbocycles. The molecular formula is C20H22N2O5S. The number of nitrogens with one attached hydrogen (secondary N) is 2. The molecule has 2 amide bonds. The average Bonchev–Trinajstić information content (AvgIpc) is 2.67. The molecule has 7 nitrogen and oxygen atoms in total. The van der Waals surface area contributed by atoms with Crippen LogP contribution in [-0.4, -0.2) is 32.1 Å². The van der Waals surface area contributed by atoms with Crippen molar-refractivity contribution < 1.29 is 22.7 Å². The molecule has 2 aromatic rings. The number of rotatable bonds is 6. The first-order valence-electron chi connectivity index (χ1n) is 8.99. The molecule has 1 atom stereocenters. The molecule has 28 heavy (non-hydrogen) atoms. The maximum atomic E-state index is 12.9. The van der Waals surface area contributed by atoms with Crippen molar-refractivity contribution in [2.45, 2.75) is 36.8 Å². The van der Waals surface area contributed by atoms with Crippen LogP contribution in [0.25, 0.3) is 0 Å². The maximum Gasteiger partial charge on any atom is 0.262 e. The lowest BCUT2D eigenvalue weighted by molar-refractivity contribution is -0.118. The molecule has 0 aliphatic carbocycles. The van der Waals surface area contributed by atoms with Crippen LogP contribution in [-0.2, 0) is 25.8 Å². The van der Waals surface area contributed by atoms with Crippen molar-refractivity contribution in [1.29, 1.82) is 0 Å². The summed E-state index contributed by atoms with van der Waals surface area (Å²) in [6.45, 7) is 3.38. The number of anilines is 2. The van der Waals surface area contributed by atoms with Gasteiger partial charge in [0.15, 0.2) is 16.4 Å². The van der Waals surface area contributed by atoms with Crippen molar-refractivity contribution >= 4 is 33.0 Å². The van der Waals surface area contributed by atoms with Gasteiger partial charge in [0.1, 0.15) is 5.75 Å². The summed E-state index contributed by atoms with van der Waals surface area (Å²) < 4.78 is 31.0. The van der Waals surface area contributed by atoms with E-state index in [-0.39, 0.29) is 29.7 Å². The smallest absolute Gasteiger partial charge is 0.262 e. The van der Waals surface area contributed by atoms with Gasteiger partial charge in [0.2, 0.25) is 5.91 Å². The summed E-state index contributed by atoms with van der Waals surface area (Å²) in [6.07, 6.45) is 0.577. The third-order valence-corrected chi connectivity index (χ3v) is 6.72. The number of hydrogen-bond acceptors (Lipinski definition) is 5. The number of carbonyl (C=O) groups excluding carboxylic acids is 2. The molecule has 0 saturated heterocycles. The number of amides is 2. The second-order valence-corrected chi connectivity index (χ2v) is 8.98. The van der Waals surface area contributed by atoms with E-state index in [1.54, 1.807) is 6.07 Å². The highest BCUT2D eigenvalue weighted by Crippen LogP contribution is 2.31. The van der Waals surface area contributed by atoms with Gasteiger partial charge < -0.3 is 15.4 Å². The largest absolute Gasteiger partial charge is 0.482 e. The molecule has 0 fully saturated rings. The minimum Gasteiger partial charge on any atom is -0.482 e. The first-order valence-corrected chi connectivity index (χ1v) is 10.5. The van der Waals surface area contributed by atoms with Crippen molar-refractivity contribution in [3.05, 3.63) is 48.0 Å². The lowest BCUT2D eigenvalue weighted by Gasteiger charge is -2.19. The zero-order valence-corrected chi connectivity index (χ0v) is 16.5. The Labute approximate surface area is 164 Å². The predicted octanol–water partition coefficient (Wildman–Crippen LogP) is 2.77. The fourth-order valence-electron chi connectivity index (χ4n) is 2.99. The van der Waals surface area contributed by atoms with Crippen LogP contribution in [0.2, 0.25) is 0 Å². The van der Waals surface area contributed by atoms with E-state index in [4.69, 9.17) is 4.74 Å². The summed E-state index contributed by atoms with van der Waals surface area (Å²) >= 11 is 0. The lowest BCUT2D eigenvalue weighted by Crippen LogP contribution is -2.27. The number of benzene rings is 2. The first-order chi connectivity index (χ1) is 13.3. The van der Waals surface area contributed by atoms with Crippen molar-refractivity contribution in [2.24, 2.45) is 0 Å². The van der Waals surface area contributed by atoms with Crippen molar-refractivity contribution in [2.75, 3.05) is 17.2 Å². The van der Waals surface area contributed by atoms with Crippen LogP contribution in [0.4, 0.5) is 11.4 Å². The Morgan fingerprint density at radius 1 is 1.25 bits per heavy atom. The molecular weight excluding hydrogens is 380 g/mol. The van der Waals surface area contributed by atoms with Crippen LogP contribution < -0.4 is 15.4 Å². The second kappa shape index (κ2) is 8.02. The molecule has 2 N–H and O–H groups in total. The number of sulfone groups is 1. The third kappa shape index (κ3) is 4.17. The van der Waals surface area contributed by atoms with Crippen LogP contribution in [0.5, 0.6) is 5.75 Å². The Morgan fingerprint density at radius 2 is 2.00 bits per heavy atom. The Hall–Kier alpha value is -2.87. The second-order valence-electron chi connectivity index (χ2n) is 6.61. The van der Waals surface area contributed by atoms with Gasteiger partial charge in [-0.3, -0.25) is 9.59 Å². The molecule has 0 bridgehead atoms. The molecule has 2 aromatic carbocycles. The Kier molecular flexibility index (Phi) is 5.69. The predicted molar refractivity (Wildman–Crippen MR) is 106 cm³/mol. The molecule has 148 valence electrons. The van der Waals surface area contributed by atoms with Crippen molar-refractivity contribution in [1.82, 2.24) is 0 Å². The van der Waals surface area contributed by atoms with Gasteiger partial charge in [-0.25, -0.2) is 8.42 Å². The van der Waals surface area contributed by atoms with Gasteiger partial charge in [0.05, 0.1) is 15.8 Å². The number of ether oxygens (including phenoxy) is 1. The first kappa shape index (κ1) is 19.9. The third-order valence-electron chi connectivity index (χ3n) is 4.59. The molecule has 1 aliphatic heterocycles. The summed E-state index contributed by atoms with van der Waals surface area (Å²) in [4.78, 5) is 23.9. The number of carbonyl (C=O) groups is 2. The highest BCUT2D eigenvalue weighted by atomic mass is 32.2. The van der Waals surface area contributed by atoms with E-state index in [0.29, 0.717) is 17.1 Å². The molecule has 1 aliphatic rings. The molecule has 0 radical (unpaired) electrons. The van der Waals surface area contributed by atoms with Crippen LogP contribution >= 0.6 is 0 Å². The van der Waals surface area contributed by atoms with E-state index in [0.717, 1.165) is 12.0 Å². The van der Waals surface area contributed by atoms with Crippen LogP contribution in [0.1, 0.15) is 25.8 Å². The highest BCUT2D eigenvalue weighted by molar-refractivity contribution is 7.92. The minimum atomic E-state index is -3.76. The molecule has 3 rings (SSSR count). The highest BCUT2D eigenvalue weighted by Gasteiger charge is 2.28. The van der Waals surface area contributed by atoms with Crippen LogP contribution in [0.3, 0.4) is 0 Å². The number of aryl methyl sites for hydroxylation is 1. The fraction of sp³-hybridized carbons (Fsp3) is 0.300. The summed E-state index contributed by atoms with van der Waals surface area (Å²) in [5, 5.41) is 4.45. The molecule has 0 unspecified atom stereocenters. The lowest BCUT2D eigenvalue weighted by atomic mass is 10.1. The van der Waals surface area contributed by atoms with Gasteiger partial charge in [-0.1, -0.05) is 25.1 Å². The van der Waals surface area contributed by atoms with E-state index in [1.807, 2.05) is 25.1 Å². The molecule has 0 aromatic heterocycles. The van der Waals surface area contributed by atoms with Gasteiger partial charge >= 0.3 is 0 Å². The van der Waals surface area contributed by atoms with E-state index >= 15 is 0 Å². The zero-order chi connectivity index (χ0) is 20.3. The topological polar surface area (TPSA) is 102 Å². The summed E-state index contributed by atoms with van der Waals surface area (Å²) in [5.74, 6) is -0.296. The average molecular weight is 402 g/mol. The van der Waals surface area contributed by atoms with Gasteiger partial charge in [-0.05, 0) is 43.2 Å². The standard InChI is InChI=1S/C20H22N2O5S/c1-3-14-6-4-5-7-16(14)21-19(23)10-13(2)28(25,26)15-8-9-18-17(11-15)22-20(24)12-27-18/h4-9,11,13H,3,10,12H2,1-2H3,(H,21,23)(H,22,24)/t13-/m0/s1. The van der Waals surface area contributed by atoms with Gasteiger partial charge in [-0.15, -0.1) is 0 Å². The number of para-hydroxylation sites is 1. The monoisotopic (exact) mass is 402 g/mol. The maximum absolute atomic E-state index is 12.9. The Bertz CT molecular complexity index is 1020. The van der Waals surface area contributed by atoms with Crippen LogP contribution in [0, 0.1) is 0 Å². The molecule has 0 spiro atoms. The number of fused-ring (bicyclic) bond motifs is 1. The van der Waals surface area contributed by atoms with Crippen LogP contribution in [0.15, 0.2) is 47.4 Å². The van der Waals surface area contributed by atoms with E-state index < -0.39 is 15.1 Å². The summed E-state index contributed by atoms with van der Waals surface area (Å²) in [7, 11) is -3.76. The minimum absolute atomic E-state index is 0.0336. The van der Waals surface area contributed by atoms with Gasteiger partial charge in [0, 0.05) is 12.1 Å². The Balaban J connectivity index is 1.74. The van der Waals surface area contributed by atoms with Gasteiger partial charge in [-0.2, -0.15) is 0 Å². The summed E-state index contributed by atoms with van der Waals surface area (Å²) in [6, 6.07) is 11.7. The summed E-state index contributed by atoms with van der Waals surface area (Å²) in [5.41, 5.74) is 1.98. The van der Waals surface area contributed by atoms with Crippen molar-refractivity contribution in [3.8, 4) is 5.75 Å². The fourth-order valence-corrected chi connectivity index (χ4v) is 4.37. The quantitative estimate of drug-likeness (QED) is 0.774. The van der Waals surface area contributed by atoms with E-state index in [9.17, 15) is 18.0 Å². The number of hydrogen-bond donors (Lipinski definition) is 2. The Morgan fingerprint density at radius 3 is 2.75 bits per heavy atom. The van der Waals surface area contributed by atoms with E-state index in [2.05, 4.69) is 10.6 Å². The normalized spacial score (nSPS) is 14.4. The van der Waals surface area contributed by atoms with Crippen molar-refractivity contribution in [3.63, 3.8) is 0 Å². The SMILES string of the molecule is CCc1ccccc1NC(=O)C[C@H](C)S(=O)(=O)c1ccc2c(c1)NC(=O)CO2. The zero-order valence-electron chi connectivity index (χ0n) is 15.7. The molecule has 1 heterocycles. The van der Waals surface area contributed by atoms with Gasteiger partial charge in [0.25, 0.3) is 5.91 Å².